The van der Waals surface area contributed by atoms with E-state index in [-0.39, 0.29) is 36.1 Å². The molecule has 3 N–H and O–H groups in total. The molecule has 0 bridgehead atoms. The first kappa shape index (κ1) is 26.1. The van der Waals surface area contributed by atoms with Crippen molar-refractivity contribution in [2.24, 2.45) is 11.7 Å². The van der Waals surface area contributed by atoms with E-state index < -0.39 is 17.8 Å². The number of amides is 3. The highest BCUT2D eigenvalue weighted by Gasteiger charge is 2.35. The van der Waals surface area contributed by atoms with Gasteiger partial charge in [0.05, 0.1) is 18.2 Å². The van der Waals surface area contributed by atoms with Crippen LogP contribution in [0.1, 0.15) is 52.0 Å². The second kappa shape index (κ2) is 11.4. The van der Waals surface area contributed by atoms with Gasteiger partial charge in [-0.05, 0) is 49.4 Å². The number of hydrogen-bond donors (Lipinski definition) is 2. The minimum Gasteiger partial charge on any atom is -0.493 e. The smallest absolute Gasteiger partial charge is 0.255 e. The maximum Gasteiger partial charge on any atom is 0.255 e. The maximum absolute atomic E-state index is 14.0. The number of nitrogens with one attached hydrogen (secondary N) is 1. The number of piperidine rings is 1. The predicted octanol–water partition coefficient (Wildman–Crippen LogP) is 2.27. The largest absolute Gasteiger partial charge is 0.493 e. The molecule has 0 spiro atoms. The fourth-order valence-corrected chi connectivity index (χ4v) is 4.94. The molecular weight excluding hydrogens is 479 g/mol. The lowest BCUT2D eigenvalue weighted by molar-refractivity contribution is -0.121. The van der Waals surface area contributed by atoms with Gasteiger partial charge in [0, 0.05) is 56.0 Å². The monoisotopic (exact) mass is 510 g/mol. The molecule has 2 aromatic rings. The molecule has 3 amide bonds. The number of fused-ring (bicyclic) bond motifs is 1. The lowest BCUT2D eigenvalue weighted by Gasteiger charge is -2.34. The molecular formula is C27H31FN4O5. The maximum atomic E-state index is 14.0. The van der Waals surface area contributed by atoms with Crippen LogP contribution in [0.4, 0.5) is 10.1 Å². The van der Waals surface area contributed by atoms with Crippen molar-refractivity contribution >= 4 is 29.7 Å². The van der Waals surface area contributed by atoms with Crippen LogP contribution in [0, 0.1) is 11.7 Å². The fraction of sp³-hybridized carbons (Fsp3) is 0.407. The number of nitrogens with two attached hydrogens (primary N) is 1. The van der Waals surface area contributed by atoms with E-state index in [0.29, 0.717) is 24.5 Å². The van der Waals surface area contributed by atoms with Gasteiger partial charge in [0.25, 0.3) is 11.8 Å². The topological polar surface area (TPSA) is 122 Å². The van der Waals surface area contributed by atoms with E-state index in [1.807, 2.05) is 12.1 Å². The average molecular weight is 511 g/mol. The molecule has 2 aliphatic rings. The Bertz CT molecular complexity index is 1200. The number of aldehydes is 1. The lowest BCUT2D eigenvalue weighted by atomic mass is 9.96. The van der Waals surface area contributed by atoms with E-state index in [2.05, 4.69) is 10.2 Å². The predicted molar refractivity (Wildman–Crippen MR) is 135 cm³/mol. The Morgan fingerprint density at radius 1 is 1.24 bits per heavy atom. The Hall–Kier alpha value is -3.95. The number of benzene rings is 2. The van der Waals surface area contributed by atoms with E-state index in [0.717, 1.165) is 43.5 Å². The summed E-state index contributed by atoms with van der Waals surface area (Å²) in [6.07, 6.45) is 2.90. The zero-order chi connectivity index (χ0) is 26.5. The zero-order valence-electron chi connectivity index (χ0n) is 20.7. The van der Waals surface area contributed by atoms with E-state index in [1.54, 1.807) is 18.0 Å². The van der Waals surface area contributed by atoms with Gasteiger partial charge in [0.2, 0.25) is 5.91 Å². The summed E-state index contributed by atoms with van der Waals surface area (Å²) >= 11 is 0. The minimum absolute atomic E-state index is 0.168. The average Bonchev–Trinajstić information content (AvgIpc) is 3.24. The van der Waals surface area contributed by atoms with Gasteiger partial charge < -0.3 is 30.4 Å². The first-order chi connectivity index (χ1) is 17.8. The van der Waals surface area contributed by atoms with Crippen LogP contribution in [0.25, 0.3) is 0 Å². The van der Waals surface area contributed by atoms with E-state index in [1.165, 1.54) is 18.2 Å². The van der Waals surface area contributed by atoms with Gasteiger partial charge in [0.1, 0.15) is 17.9 Å². The van der Waals surface area contributed by atoms with Crippen LogP contribution in [-0.2, 0) is 16.1 Å². The van der Waals surface area contributed by atoms with Crippen molar-refractivity contribution in [3.05, 3.63) is 58.9 Å². The highest BCUT2D eigenvalue weighted by atomic mass is 19.1. The second-order valence-electron chi connectivity index (χ2n) is 9.40. The summed E-state index contributed by atoms with van der Waals surface area (Å²) in [5.74, 6) is -1.26. The molecule has 2 aromatic carbocycles. The SMILES string of the molecule is CNC(=O)CCC(C=O)N1Cc2c(cccc2N2CCC(COc3ccc(C(N)=O)c(F)c3)CC2)C1=O. The van der Waals surface area contributed by atoms with Crippen LogP contribution < -0.4 is 20.7 Å². The van der Waals surface area contributed by atoms with E-state index in [9.17, 15) is 23.6 Å². The van der Waals surface area contributed by atoms with Crippen LogP contribution in [0.15, 0.2) is 36.4 Å². The molecule has 1 fully saturated rings. The Morgan fingerprint density at radius 3 is 2.65 bits per heavy atom. The second-order valence-corrected chi connectivity index (χ2v) is 9.40. The quantitative estimate of drug-likeness (QED) is 0.473. The van der Waals surface area contributed by atoms with Crippen molar-refractivity contribution < 1.29 is 28.3 Å². The molecule has 1 saturated heterocycles. The van der Waals surface area contributed by atoms with Gasteiger partial charge in [-0.1, -0.05) is 6.07 Å². The van der Waals surface area contributed by atoms with Crippen molar-refractivity contribution in [2.75, 3.05) is 31.6 Å². The molecule has 0 aliphatic carbocycles. The Kier molecular flexibility index (Phi) is 8.05. The van der Waals surface area contributed by atoms with Crippen LogP contribution in [-0.4, -0.2) is 61.7 Å². The number of halogens is 1. The number of nitrogens with zero attached hydrogens (tertiary/aromatic N) is 2. The van der Waals surface area contributed by atoms with Crippen molar-refractivity contribution in [3.8, 4) is 5.75 Å². The third kappa shape index (κ3) is 5.73. The Balaban J connectivity index is 1.36. The Labute approximate surface area is 214 Å². The van der Waals surface area contributed by atoms with Crippen molar-refractivity contribution in [1.82, 2.24) is 10.2 Å². The summed E-state index contributed by atoms with van der Waals surface area (Å²) in [5, 5.41) is 2.54. The number of ether oxygens (including phenoxy) is 1. The van der Waals surface area contributed by atoms with E-state index >= 15 is 0 Å². The van der Waals surface area contributed by atoms with Crippen molar-refractivity contribution in [2.45, 2.75) is 38.3 Å². The molecule has 1 unspecified atom stereocenters. The summed E-state index contributed by atoms with van der Waals surface area (Å²) in [6.45, 7) is 2.29. The van der Waals surface area contributed by atoms with Crippen LogP contribution >= 0.6 is 0 Å². The molecule has 0 radical (unpaired) electrons. The number of anilines is 1. The highest BCUT2D eigenvalue weighted by Crippen LogP contribution is 2.35. The first-order valence-corrected chi connectivity index (χ1v) is 12.4. The van der Waals surface area contributed by atoms with Crippen LogP contribution in [0.3, 0.4) is 0 Å². The summed E-state index contributed by atoms with van der Waals surface area (Å²) in [7, 11) is 1.54. The fourth-order valence-electron chi connectivity index (χ4n) is 4.94. The number of carbonyl (C=O) groups is 4. The summed E-state index contributed by atoms with van der Waals surface area (Å²) in [4.78, 5) is 51.5. The van der Waals surface area contributed by atoms with Gasteiger partial charge in [-0.2, -0.15) is 0 Å². The summed E-state index contributed by atoms with van der Waals surface area (Å²) in [5.41, 5.74) is 7.45. The number of carbonyl (C=O) groups excluding carboxylic acids is 4. The van der Waals surface area contributed by atoms with Gasteiger partial charge in [0.15, 0.2) is 0 Å². The van der Waals surface area contributed by atoms with Crippen LogP contribution in [0.2, 0.25) is 0 Å². The molecule has 1 atom stereocenters. The number of primary amides is 1. The third-order valence-corrected chi connectivity index (χ3v) is 7.12. The molecule has 4 rings (SSSR count). The highest BCUT2D eigenvalue weighted by molar-refractivity contribution is 6.01. The number of rotatable bonds is 10. The molecule has 37 heavy (non-hydrogen) atoms. The van der Waals surface area contributed by atoms with Gasteiger partial charge in [-0.3, -0.25) is 14.4 Å². The third-order valence-electron chi connectivity index (χ3n) is 7.12. The van der Waals surface area contributed by atoms with Crippen molar-refractivity contribution in [3.63, 3.8) is 0 Å². The summed E-state index contributed by atoms with van der Waals surface area (Å²) in [6, 6.07) is 9.01. The number of hydrogen-bond acceptors (Lipinski definition) is 6. The standard InChI is InChI=1S/C27H31FN4O5/c1-30-25(34)8-5-18(15-33)32-14-22-20(27(32)36)3-2-4-24(22)31-11-9-17(10-12-31)16-37-19-6-7-21(26(29)35)23(28)13-19/h2-4,6-7,13,15,17-18H,5,8-12,14,16H2,1H3,(H2,29,35)(H,30,34). The molecule has 196 valence electrons. The Morgan fingerprint density at radius 2 is 2.00 bits per heavy atom. The molecule has 2 aliphatic heterocycles. The van der Waals surface area contributed by atoms with E-state index in [4.69, 9.17) is 10.5 Å². The van der Waals surface area contributed by atoms with Gasteiger partial charge in [-0.15, -0.1) is 0 Å². The van der Waals surface area contributed by atoms with Gasteiger partial charge >= 0.3 is 0 Å². The molecule has 10 heteroatoms. The van der Waals surface area contributed by atoms with Crippen LogP contribution in [0.5, 0.6) is 5.75 Å². The molecule has 2 heterocycles. The minimum atomic E-state index is -0.820. The van der Waals surface area contributed by atoms with Crippen molar-refractivity contribution in [1.29, 1.82) is 0 Å². The molecule has 0 saturated carbocycles. The lowest BCUT2D eigenvalue weighted by Crippen LogP contribution is -2.38. The normalized spacial score (nSPS) is 16.3. The first-order valence-electron chi connectivity index (χ1n) is 12.4. The molecule has 9 nitrogen and oxygen atoms in total. The van der Waals surface area contributed by atoms with Gasteiger partial charge in [-0.25, -0.2) is 4.39 Å². The zero-order valence-corrected chi connectivity index (χ0v) is 20.7. The summed E-state index contributed by atoms with van der Waals surface area (Å²) < 4.78 is 19.8. The molecule has 0 aromatic heterocycles.